The lowest BCUT2D eigenvalue weighted by molar-refractivity contribution is -0.181. The molecular formula is C10H18N2O4S. The third-order valence-corrected chi connectivity index (χ3v) is 4.25. The molecule has 0 aliphatic carbocycles. The van der Waals surface area contributed by atoms with E-state index in [2.05, 4.69) is 4.99 Å². The fourth-order valence-corrected chi connectivity index (χ4v) is 3.14. The fraction of sp³-hybridized carbons (Fsp3) is 0.900. The van der Waals surface area contributed by atoms with Crippen LogP contribution in [0.15, 0.2) is 4.99 Å². The monoisotopic (exact) mass is 262 g/mol. The molecule has 17 heavy (non-hydrogen) atoms. The Balaban J connectivity index is 2.15. The summed E-state index contributed by atoms with van der Waals surface area (Å²) in [6.45, 7) is 1.54. The number of hydrogen-bond donors (Lipinski definition) is 3. The standard InChI is InChI=1S/C10H18N2O4S/c1-4(13)8-7(15)6(14)5-9(16-8)17-10(11-5)12(2)3/h4-9,13-15H,1-3H3/t4-,5-,6-,7+,8-,9-/m1/s1. The third kappa shape index (κ3) is 2.30. The second kappa shape index (κ2) is 4.74. The van der Waals surface area contributed by atoms with Gasteiger partial charge in [0.05, 0.1) is 6.10 Å². The second-order valence-electron chi connectivity index (χ2n) is 4.61. The molecule has 2 heterocycles. The first-order chi connectivity index (χ1) is 7.91. The van der Waals surface area contributed by atoms with E-state index in [4.69, 9.17) is 4.74 Å². The smallest absolute Gasteiger partial charge is 0.161 e. The van der Waals surface area contributed by atoms with E-state index in [1.165, 1.54) is 18.7 Å². The Morgan fingerprint density at radius 3 is 2.53 bits per heavy atom. The number of rotatable bonds is 1. The number of fused-ring (bicyclic) bond motifs is 1. The lowest BCUT2D eigenvalue weighted by Gasteiger charge is -2.39. The van der Waals surface area contributed by atoms with Crippen molar-refractivity contribution in [1.82, 2.24) is 4.90 Å². The van der Waals surface area contributed by atoms with Crippen molar-refractivity contribution in [1.29, 1.82) is 0 Å². The topological polar surface area (TPSA) is 85.5 Å². The molecule has 0 amide bonds. The summed E-state index contributed by atoms with van der Waals surface area (Å²) in [6.07, 6.45) is -3.71. The highest BCUT2D eigenvalue weighted by Crippen LogP contribution is 2.37. The van der Waals surface area contributed by atoms with Gasteiger partial charge >= 0.3 is 0 Å². The van der Waals surface area contributed by atoms with Crippen LogP contribution in [-0.2, 0) is 4.74 Å². The van der Waals surface area contributed by atoms with Gasteiger partial charge in [-0.05, 0) is 6.92 Å². The van der Waals surface area contributed by atoms with E-state index in [0.29, 0.717) is 0 Å². The predicted octanol–water partition coefficient (Wildman–Crippen LogP) is -1.15. The average molecular weight is 262 g/mol. The summed E-state index contributed by atoms with van der Waals surface area (Å²) >= 11 is 1.40. The molecule has 2 rings (SSSR count). The molecule has 0 aromatic rings. The van der Waals surface area contributed by atoms with Crippen LogP contribution < -0.4 is 0 Å². The van der Waals surface area contributed by atoms with Crippen molar-refractivity contribution in [3.63, 3.8) is 0 Å². The number of aliphatic hydroxyl groups excluding tert-OH is 3. The fourth-order valence-electron chi connectivity index (χ4n) is 1.99. The number of ether oxygens (including phenoxy) is 1. The van der Waals surface area contributed by atoms with Crippen molar-refractivity contribution in [3.8, 4) is 0 Å². The highest BCUT2D eigenvalue weighted by molar-refractivity contribution is 8.14. The van der Waals surface area contributed by atoms with Crippen molar-refractivity contribution >= 4 is 16.9 Å². The lowest BCUT2D eigenvalue weighted by Crippen LogP contribution is -2.57. The Morgan fingerprint density at radius 2 is 2.00 bits per heavy atom. The van der Waals surface area contributed by atoms with E-state index in [9.17, 15) is 15.3 Å². The van der Waals surface area contributed by atoms with Crippen LogP contribution >= 0.6 is 11.8 Å². The van der Waals surface area contributed by atoms with Crippen LogP contribution in [0.25, 0.3) is 0 Å². The summed E-state index contributed by atoms with van der Waals surface area (Å²) in [5.74, 6) is 0. The van der Waals surface area contributed by atoms with E-state index < -0.39 is 30.5 Å². The van der Waals surface area contributed by atoms with Crippen molar-refractivity contribution in [2.45, 2.75) is 42.8 Å². The highest BCUT2D eigenvalue weighted by atomic mass is 32.2. The van der Waals surface area contributed by atoms with Crippen LogP contribution in [0, 0.1) is 0 Å². The molecule has 2 aliphatic heterocycles. The molecule has 6 nitrogen and oxygen atoms in total. The molecule has 0 spiro atoms. The van der Waals surface area contributed by atoms with Gasteiger partial charge < -0.3 is 25.0 Å². The first kappa shape index (κ1) is 13.1. The number of aliphatic hydroxyl groups is 3. The van der Waals surface area contributed by atoms with Gasteiger partial charge in [-0.3, -0.25) is 4.99 Å². The van der Waals surface area contributed by atoms with Crippen LogP contribution in [0.4, 0.5) is 0 Å². The zero-order valence-electron chi connectivity index (χ0n) is 10.0. The Morgan fingerprint density at radius 1 is 1.35 bits per heavy atom. The number of thioether (sulfide) groups is 1. The second-order valence-corrected chi connectivity index (χ2v) is 5.67. The normalized spacial score (nSPS) is 42.9. The minimum atomic E-state index is -1.11. The molecular weight excluding hydrogens is 244 g/mol. The van der Waals surface area contributed by atoms with Gasteiger partial charge in [0, 0.05) is 14.1 Å². The quantitative estimate of drug-likeness (QED) is 0.553. The Bertz CT molecular complexity index is 323. The lowest BCUT2D eigenvalue weighted by atomic mass is 9.95. The maximum atomic E-state index is 9.99. The molecule has 0 unspecified atom stereocenters. The van der Waals surface area contributed by atoms with Crippen molar-refractivity contribution in [2.24, 2.45) is 4.99 Å². The number of hydrogen-bond acceptors (Lipinski definition) is 7. The highest BCUT2D eigenvalue weighted by Gasteiger charge is 2.49. The SMILES string of the molecule is C[C@@H](O)[C@H]1O[C@@H]2SC(N(C)C)=N[C@@H]2[C@@H](O)[C@@H]1O. The van der Waals surface area contributed by atoms with Gasteiger partial charge in [-0.2, -0.15) is 0 Å². The summed E-state index contributed by atoms with van der Waals surface area (Å²) in [5.41, 5.74) is -0.342. The van der Waals surface area contributed by atoms with Gasteiger partial charge in [-0.1, -0.05) is 11.8 Å². The zero-order valence-corrected chi connectivity index (χ0v) is 10.8. The summed E-state index contributed by atoms with van der Waals surface area (Å²) in [6, 6.07) is -0.470. The minimum Gasteiger partial charge on any atom is -0.391 e. The third-order valence-electron chi connectivity index (χ3n) is 2.95. The van der Waals surface area contributed by atoms with E-state index in [1.807, 2.05) is 19.0 Å². The molecule has 0 bridgehead atoms. The first-order valence-corrected chi connectivity index (χ1v) is 6.41. The Hall–Kier alpha value is -0.340. The van der Waals surface area contributed by atoms with Gasteiger partial charge in [-0.25, -0.2) is 0 Å². The van der Waals surface area contributed by atoms with Gasteiger partial charge in [0.1, 0.15) is 29.8 Å². The largest absolute Gasteiger partial charge is 0.391 e. The van der Waals surface area contributed by atoms with E-state index >= 15 is 0 Å². The number of nitrogens with zero attached hydrogens (tertiary/aromatic N) is 2. The molecule has 0 saturated carbocycles. The van der Waals surface area contributed by atoms with Crippen LogP contribution in [0.1, 0.15) is 6.92 Å². The zero-order chi connectivity index (χ0) is 12.7. The minimum absolute atomic E-state index is 0.342. The molecule has 7 heteroatoms. The van der Waals surface area contributed by atoms with Crippen LogP contribution in [-0.4, -0.2) is 75.4 Å². The number of aliphatic imine (C=N–C) groups is 1. The summed E-state index contributed by atoms with van der Waals surface area (Å²) < 4.78 is 5.60. The van der Waals surface area contributed by atoms with Gasteiger partial charge in [0.25, 0.3) is 0 Å². The summed E-state index contributed by atoms with van der Waals surface area (Å²) in [5, 5.41) is 30.1. The van der Waals surface area contributed by atoms with Crippen LogP contribution in [0.5, 0.6) is 0 Å². The van der Waals surface area contributed by atoms with Gasteiger partial charge in [-0.15, -0.1) is 0 Å². The summed E-state index contributed by atoms with van der Waals surface area (Å²) in [7, 11) is 3.72. The molecule has 0 radical (unpaired) electrons. The molecule has 98 valence electrons. The van der Waals surface area contributed by atoms with Crippen molar-refractivity contribution in [3.05, 3.63) is 0 Å². The maximum absolute atomic E-state index is 9.99. The molecule has 0 aromatic heterocycles. The first-order valence-electron chi connectivity index (χ1n) is 5.53. The maximum Gasteiger partial charge on any atom is 0.161 e. The van der Waals surface area contributed by atoms with Crippen LogP contribution in [0.2, 0.25) is 0 Å². The molecule has 0 aromatic carbocycles. The van der Waals surface area contributed by atoms with Gasteiger partial charge in [0.15, 0.2) is 5.17 Å². The average Bonchev–Trinajstić information content (AvgIpc) is 2.67. The van der Waals surface area contributed by atoms with E-state index in [-0.39, 0.29) is 5.44 Å². The van der Waals surface area contributed by atoms with E-state index in [1.54, 1.807) is 0 Å². The van der Waals surface area contributed by atoms with Crippen LogP contribution in [0.3, 0.4) is 0 Å². The predicted molar refractivity (Wildman–Crippen MR) is 64.9 cm³/mol. The Kier molecular flexibility index (Phi) is 3.65. The Labute approximate surface area is 104 Å². The van der Waals surface area contributed by atoms with Gasteiger partial charge in [0.2, 0.25) is 0 Å². The van der Waals surface area contributed by atoms with Crippen molar-refractivity contribution < 1.29 is 20.1 Å². The molecule has 1 saturated heterocycles. The molecule has 6 atom stereocenters. The van der Waals surface area contributed by atoms with E-state index in [0.717, 1.165) is 5.17 Å². The molecule has 1 fully saturated rings. The molecule has 3 N–H and O–H groups in total. The number of amidine groups is 1. The van der Waals surface area contributed by atoms with Crippen molar-refractivity contribution in [2.75, 3.05) is 14.1 Å². The summed E-state index contributed by atoms with van der Waals surface area (Å²) in [4.78, 5) is 6.16. The molecule has 2 aliphatic rings.